The van der Waals surface area contributed by atoms with E-state index in [0.717, 1.165) is 11.3 Å². The number of pyridine rings is 1. The SMILES string of the molecule is CCN(Cc1cccc(F)c1)C(=O)NCc1ccccn1. The third-order valence-electron chi connectivity index (χ3n) is 3.08. The number of carbonyl (C=O) groups is 1. The summed E-state index contributed by atoms with van der Waals surface area (Å²) in [6.07, 6.45) is 1.69. The predicted molar refractivity (Wildman–Crippen MR) is 79.0 cm³/mol. The van der Waals surface area contributed by atoms with Gasteiger partial charge in [-0.3, -0.25) is 4.98 Å². The van der Waals surface area contributed by atoms with Crippen molar-refractivity contribution in [3.05, 3.63) is 65.7 Å². The number of benzene rings is 1. The van der Waals surface area contributed by atoms with Crippen molar-refractivity contribution in [2.45, 2.75) is 20.0 Å². The molecule has 0 aliphatic rings. The largest absolute Gasteiger partial charge is 0.332 e. The minimum absolute atomic E-state index is 0.188. The average molecular weight is 287 g/mol. The lowest BCUT2D eigenvalue weighted by molar-refractivity contribution is 0.197. The summed E-state index contributed by atoms with van der Waals surface area (Å²) in [6, 6.07) is 11.6. The van der Waals surface area contributed by atoms with Crippen LogP contribution in [0.1, 0.15) is 18.2 Å². The first-order valence-corrected chi connectivity index (χ1v) is 6.86. The number of hydrogen-bond donors (Lipinski definition) is 1. The molecular formula is C16H18FN3O. The molecule has 1 N–H and O–H groups in total. The van der Waals surface area contributed by atoms with Gasteiger partial charge >= 0.3 is 6.03 Å². The summed E-state index contributed by atoms with van der Waals surface area (Å²) in [7, 11) is 0. The monoisotopic (exact) mass is 287 g/mol. The van der Waals surface area contributed by atoms with E-state index in [0.29, 0.717) is 19.6 Å². The Morgan fingerprint density at radius 2 is 2.14 bits per heavy atom. The summed E-state index contributed by atoms with van der Waals surface area (Å²) >= 11 is 0. The minimum Gasteiger partial charge on any atom is -0.332 e. The summed E-state index contributed by atoms with van der Waals surface area (Å²) in [6.45, 7) is 3.19. The topological polar surface area (TPSA) is 45.2 Å². The summed E-state index contributed by atoms with van der Waals surface area (Å²) in [5, 5.41) is 2.82. The average Bonchev–Trinajstić information content (AvgIpc) is 2.51. The molecule has 1 heterocycles. The lowest BCUT2D eigenvalue weighted by atomic mass is 10.2. The summed E-state index contributed by atoms with van der Waals surface area (Å²) in [4.78, 5) is 17.9. The lowest BCUT2D eigenvalue weighted by Crippen LogP contribution is -2.39. The normalized spacial score (nSPS) is 10.2. The van der Waals surface area contributed by atoms with Gasteiger partial charge in [-0.2, -0.15) is 0 Å². The van der Waals surface area contributed by atoms with Crippen LogP contribution in [0.15, 0.2) is 48.7 Å². The zero-order valence-corrected chi connectivity index (χ0v) is 11.9. The van der Waals surface area contributed by atoms with E-state index in [1.165, 1.54) is 12.1 Å². The molecule has 0 radical (unpaired) electrons. The summed E-state index contributed by atoms with van der Waals surface area (Å²) in [5.41, 5.74) is 1.57. The second-order valence-corrected chi connectivity index (χ2v) is 4.62. The third kappa shape index (κ3) is 4.56. The number of hydrogen-bond acceptors (Lipinski definition) is 2. The van der Waals surface area contributed by atoms with Crippen molar-refractivity contribution in [3.8, 4) is 0 Å². The van der Waals surface area contributed by atoms with Gasteiger partial charge in [0.15, 0.2) is 0 Å². The molecule has 0 saturated heterocycles. The molecule has 0 unspecified atom stereocenters. The van der Waals surface area contributed by atoms with Crippen LogP contribution in [0.2, 0.25) is 0 Å². The Hall–Kier alpha value is -2.43. The Balaban J connectivity index is 1.92. The van der Waals surface area contributed by atoms with E-state index >= 15 is 0 Å². The van der Waals surface area contributed by atoms with Crippen molar-refractivity contribution in [2.24, 2.45) is 0 Å². The Kier molecular flexibility index (Phi) is 5.26. The fourth-order valence-corrected chi connectivity index (χ4v) is 1.96. The van der Waals surface area contributed by atoms with Crippen LogP contribution in [-0.4, -0.2) is 22.5 Å². The maximum atomic E-state index is 13.2. The van der Waals surface area contributed by atoms with Crippen molar-refractivity contribution in [1.82, 2.24) is 15.2 Å². The zero-order valence-electron chi connectivity index (χ0n) is 11.9. The Bertz CT molecular complexity index is 589. The number of aromatic nitrogens is 1. The molecule has 0 saturated carbocycles. The van der Waals surface area contributed by atoms with Gasteiger partial charge in [-0.25, -0.2) is 9.18 Å². The van der Waals surface area contributed by atoms with Crippen molar-refractivity contribution >= 4 is 6.03 Å². The maximum Gasteiger partial charge on any atom is 0.318 e. The highest BCUT2D eigenvalue weighted by Gasteiger charge is 2.12. The van der Waals surface area contributed by atoms with E-state index in [4.69, 9.17) is 0 Å². The van der Waals surface area contributed by atoms with Crippen LogP contribution in [0, 0.1) is 5.82 Å². The molecule has 1 aromatic heterocycles. The summed E-state index contributed by atoms with van der Waals surface area (Å²) in [5.74, 6) is -0.294. The number of halogens is 1. The third-order valence-corrected chi connectivity index (χ3v) is 3.08. The van der Waals surface area contributed by atoms with Gasteiger partial charge in [0.05, 0.1) is 12.2 Å². The van der Waals surface area contributed by atoms with Gasteiger partial charge in [0.25, 0.3) is 0 Å². The fraction of sp³-hybridized carbons (Fsp3) is 0.250. The second kappa shape index (κ2) is 7.38. The van der Waals surface area contributed by atoms with Crippen LogP contribution in [0.5, 0.6) is 0 Å². The van der Waals surface area contributed by atoms with Crippen molar-refractivity contribution in [2.75, 3.05) is 6.54 Å². The van der Waals surface area contributed by atoms with Crippen molar-refractivity contribution < 1.29 is 9.18 Å². The van der Waals surface area contributed by atoms with Gasteiger partial charge in [0, 0.05) is 19.3 Å². The molecular weight excluding hydrogens is 269 g/mol. The number of carbonyl (C=O) groups excluding carboxylic acids is 1. The zero-order chi connectivity index (χ0) is 15.1. The molecule has 110 valence electrons. The van der Waals surface area contributed by atoms with Gasteiger partial charge in [-0.1, -0.05) is 18.2 Å². The molecule has 0 fully saturated rings. The molecule has 1 aromatic carbocycles. The van der Waals surface area contributed by atoms with E-state index < -0.39 is 0 Å². The molecule has 4 nitrogen and oxygen atoms in total. The highest BCUT2D eigenvalue weighted by atomic mass is 19.1. The van der Waals surface area contributed by atoms with Crippen molar-refractivity contribution in [3.63, 3.8) is 0 Å². The van der Waals surface area contributed by atoms with E-state index in [9.17, 15) is 9.18 Å². The second-order valence-electron chi connectivity index (χ2n) is 4.62. The molecule has 2 aromatic rings. The van der Waals surface area contributed by atoms with Gasteiger partial charge in [-0.05, 0) is 36.8 Å². The molecule has 0 aliphatic carbocycles. The minimum atomic E-state index is -0.294. The van der Waals surface area contributed by atoms with E-state index in [2.05, 4.69) is 10.3 Å². The van der Waals surface area contributed by atoms with Gasteiger partial charge < -0.3 is 10.2 Å². The van der Waals surface area contributed by atoms with Crippen LogP contribution in [0.4, 0.5) is 9.18 Å². The van der Waals surface area contributed by atoms with Crippen molar-refractivity contribution in [1.29, 1.82) is 0 Å². The Morgan fingerprint density at radius 1 is 1.29 bits per heavy atom. The molecule has 0 spiro atoms. The molecule has 5 heteroatoms. The van der Waals surface area contributed by atoms with Gasteiger partial charge in [0.2, 0.25) is 0 Å². The number of nitrogens with one attached hydrogen (secondary N) is 1. The quantitative estimate of drug-likeness (QED) is 0.919. The maximum absolute atomic E-state index is 13.2. The summed E-state index contributed by atoms with van der Waals surface area (Å²) < 4.78 is 13.2. The molecule has 2 rings (SSSR count). The van der Waals surface area contributed by atoms with E-state index in [1.807, 2.05) is 25.1 Å². The van der Waals surface area contributed by atoms with Crippen LogP contribution in [0.25, 0.3) is 0 Å². The lowest BCUT2D eigenvalue weighted by Gasteiger charge is -2.21. The highest BCUT2D eigenvalue weighted by molar-refractivity contribution is 5.74. The smallest absolute Gasteiger partial charge is 0.318 e. The van der Waals surface area contributed by atoms with E-state index in [1.54, 1.807) is 23.2 Å². The number of amides is 2. The Labute approximate surface area is 123 Å². The van der Waals surface area contributed by atoms with Gasteiger partial charge in [-0.15, -0.1) is 0 Å². The first kappa shape index (κ1) is 15.0. The number of nitrogens with zero attached hydrogens (tertiary/aromatic N) is 2. The molecule has 0 bridgehead atoms. The van der Waals surface area contributed by atoms with Crippen LogP contribution < -0.4 is 5.32 Å². The van der Waals surface area contributed by atoms with E-state index in [-0.39, 0.29) is 11.8 Å². The molecule has 2 amide bonds. The predicted octanol–water partition coefficient (Wildman–Crippen LogP) is 2.95. The number of rotatable bonds is 5. The molecule has 0 aliphatic heterocycles. The van der Waals surface area contributed by atoms with Crippen LogP contribution in [0.3, 0.4) is 0 Å². The fourth-order valence-electron chi connectivity index (χ4n) is 1.96. The molecule has 21 heavy (non-hydrogen) atoms. The van der Waals surface area contributed by atoms with Gasteiger partial charge in [0.1, 0.15) is 5.82 Å². The molecule has 0 atom stereocenters. The Morgan fingerprint density at radius 3 is 2.81 bits per heavy atom. The standard InChI is InChI=1S/C16H18FN3O/c1-2-20(12-13-6-5-7-14(17)10-13)16(21)19-11-15-8-3-4-9-18-15/h3-10H,2,11-12H2,1H3,(H,19,21). The number of urea groups is 1. The first-order valence-electron chi connectivity index (χ1n) is 6.86. The first-order chi connectivity index (χ1) is 10.2. The highest BCUT2D eigenvalue weighted by Crippen LogP contribution is 2.07. The van der Waals surface area contributed by atoms with Crippen LogP contribution >= 0.6 is 0 Å². The van der Waals surface area contributed by atoms with Crippen LogP contribution in [-0.2, 0) is 13.1 Å².